The van der Waals surface area contributed by atoms with E-state index in [1.807, 2.05) is 0 Å². The number of nitrogens with one attached hydrogen (secondary N) is 2. The summed E-state index contributed by atoms with van der Waals surface area (Å²) in [6.07, 6.45) is 8.89. The van der Waals surface area contributed by atoms with Crippen LogP contribution in [-0.4, -0.2) is 49.5 Å². The molecule has 1 aliphatic carbocycles. The maximum absolute atomic E-state index is 12.0. The first-order chi connectivity index (χ1) is 10.7. The second-order valence-electron chi connectivity index (χ2n) is 6.16. The van der Waals surface area contributed by atoms with Gasteiger partial charge in [0, 0.05) is 32.6 Å². The Morgan fingerprint density at radius 2 is 1.91 bits per heavy atom. The maximum atomic E-state index is 12.0. The topological polar surface area (TPSA) is 56.7 Å². The first-order valence-electron chi connectivity index (χ1n) is 8.96. The van der Waals surface area contributed by atoms with Gasteiger partial charge in [0.05, 0.1) is 6.54 Å². The Kier molecular flexibility index (Phi) is 13.5. The molecule has 0 spiro atoms. The lowest BCUT2D eigenvalue weighted by molar-refractivity contribution is -0.121. The van der Waals surface area contributed by atoms with Crippen molar-refractivity contribution >= 4 is 35.8 Å². The van der Waals surface area contributed by atoms with Crippen molar-refractivity contribution in [3.8, 4) is 0 Å². The Labute approximate surface area is 159 Å². The number of halogens is 1. The van der Waals surface area contributed by atoms with Gasteiger partial charge in [-0.1, -0.05) is 32.6 Å². The van der Waals surface area contributed by atoms with Crippen LogP contribution in [-0.2, 0) is 4.79 Å². The molecule has 0 aromatic rings. The van der Waals surface area contributed by atoms with Gasteiger partial charge < -0.3 is 15.5 Å². The minimum absolute atomic E-state index is 0. The molecule has 6 heteroatoms. The minimum Gasteiger partial charge on any atom is -0.357 e. The Balaban J connectivity index is 0.00000484. The number of guanidine groups is 1. The van der Waals surface area contributed by atoms with Crippen molar-refractivity contribution < 1.29 is 4.79 Å². The highest BCUT2D eigenvalue weighted by molar-refractivity contribution is 14.0. The fraction of sp³-hybridized carbons (Fsp3) is 0.882. The molecule has 136 valence electrons. The molecule has 23 heavy (non-hydrogen) atoms. The van der Waals surface area contributed by atoms with Crippen molar-refractivity contribution in [1.82, 2.24) is 15.5 Å². The van der Waals surface area contributed by atoms with Crippen molar-refractivity contribution in [1.29, 1.82) is 0 Å². The standard InChI is InChI=1S/C17H34N4O.HI/c1-4-6-14-21(3)17(18-5-2)19-13-12-16(22)20-15-10-8-7-9-11-15;/h15H,4-14H2,1-3H3,(H,18,19)(H,20,22);1H. The summed E-state index contributed by atoms with van der Waals surface area (Å²) in [4.78, 5) is 18.7. The van der Waals surface area contributed by atoms with Crippen molar-refractivity contribution in [2.24, 2.45) is 4.99 Å². The van der Waals surface area contributed by atoms with Crippen LogP contribution in [0.2, 0.25) is 0 Å². The smallest absolute Gasteiger partial charge is 0.222 e. The molecule has 0 heterocycles. The molecule has 0 radical (unpaired) electrons. The lowest BCUT2D eigenvalue weighted by Crippen LogP contribution is -2.40. The Hall–Kier alpha value is -0.530. The molecule has 1 fully saturated rings. The molecule has 0 atom stereocenters. The summed E-state index contributed by atoms with van der Waals surface area (Å²) in [5, 5.41) is 6.44. The van der Waals surface area contributed by atoms with Crippen LogP contribution in [0, 0.1) is 0 Å². The Morgan fingerprint density at radius 3 is 2.52 bits per heavy atom. The molecule has 1 aliphatic rings. The number of amides is 1. The lowest BCUT2D eigenvalue weighted by atomic mass is 9.95. The van der Waals surface area contributed by atoms with Gasteiger partial charge in [-0.15, -0.1) is 24.0 Å². The molecule has 0 aromatic carbocycles. The third kappa shape index (κ3) is 10.0. The largest absolute Gasteiger partial charge is 0.357 e. The monoisotopic (exact) mass is 438 g/mol. The fourth-order valence-electron chi connectivity index (χ4n) is 2.78. The quantitative estimate of drug-likeness (QED) is 0.348. The molecule has 1 rings (SSSR count). The van der Waals surface area contributed by atoms with Crippen LogP contribution < -0.4 is 10.6 Å². The van der Waals surface area contributed by atoms with Gasteiger partial charge in [0.25, 0.3) is 0 Å². The molecule has 5 nitrogen and oxygen atoms in total. The van der Waals surface area contributed by atoms with Crippen LogP contribution in [0.1, 0.15) is 65.2 Å². The first kappa shape index (κ1) is 22.5. The Morgan fingerprint density at radius 1 is 1.22 bits per heavy atom. The van der Waals surface area contributed by atoms with E-state index in [4.69, 9.17) is 0 Å². The maximum Gasteiger partial charge on any atom is 0.222 e. The zero-order valence-electron chi connectivity index (χ0n) is 15.1. The molecule has 1 amide bonds. The van der Waals surface area contributed by atoms with Crippen LogP contribution >= 0.6 is 24.0 Å². The highest BCUT2D eigenvalue weighted by Crippen LogP contribution is 2.17. The van der Waals surface area contributed by atoms with Crippen molar-refractivity contribution in [3.63, 3.8) is 0 Å². The van der Waals surface area contributed by atoms with Crippen LogP contribution in [0.25, 0.3) is 0 Å². The fourth-order valence-corrected chi connectivity index (χ4v) is 2.78. The molecular weight excluding hydrogens is 403 g/mol. The molecular formula is C17H35IN4O. The van der Waals surface area contributed by atoms with E-state index in [0.29, 0.717) is 19.0 Å². The summed E-state index contributed by atoms with van der Waals surface area (Å²) in [7, 11) is 2.05. The summed E-state index contributed by atoms with van der Waals surface area (Å²) in [6, 6.07) is 0.394. The summed E-state index contributed by atoms with van der Waals surface area (Å²) < 4.78 is 0. The second-order valence-corrected chi connectivity index (χ2v) is 6.16. The predicted molar refractivity (Wildman–Crippen MR) is 109 cm³/mol. The van der Waals surface area contributed by atoms with Crippen LogP contribution in [0.3, 0.4) is 0 Å². The van der Waals surface area contributed by atoms with Gasteiger partial charge in [-0.25, -0.2) is 0 Å². The number of carbonyl (C=O) groups is 1. The summed E-state index contributed by atoms with van der Waals surface area (Å²) in [5.74, 6) is 1.05. The summed E-state index contributed by atoms with van der Waals surface area (Å²) >= 11 is 0. The summed E-state index contributed by atoms with van der Waals surface area (Å²) in [5.41, 5.74) is 0. The lowest BCUT2D eigenvalue weighted by Gasteiger charge is -2.23. The number of rotatable bonds is 8. The van der Waals surface area contributed by atoms with Crippen LogP contribution in [0.15, 0.2) is 4.99 Å². The second kappa shape index (κ2) is 13.9. The summed E-state index contributed by atoms with van der Waals surface area (Å²) in [6.45, 7) is 6.66. The SMILES string of the molecule is CCCCN(C)C(=NCCC(=O)NC1CCCCC1)NCC.I. The minimum atomic E-state index is 0. The van der Waals surface area contributed by atoms with E-state index in [9.17, 15) is 4.79 Å². The third-order valence-electron chi connectivity index (χ3n) is 4.11. The van der Waals surface area contributed by atoms with E-state index < -0.39 is 0 Å². The zero-order valence-corrected chi connectivity index (χ0v) is 17.4. The van der Waals surface area contributed by atoms with E-state index >= 15 is 0 Å². The van der Waals surface area contributed by atoms with Gasteiger partial charge in [0.15, 0.2) is 5.96 Å². The van der Waals surface area contributed by atoms with Gasteiger partial charge in [-0.3, -0.25) is 9.79 Å². The zero-order chi connectivity index (χ0) is 16.2. The number of hydrogen-bond acceptors (Lipinski definition) is 2. The number of aliphatic imine (C=N–C) groups is 1. The van der Waals surface area contributed by atoms with Crippen molar-refractivity contribution in [3.05, 3.63) is 0 Å². The number of unbranched alkanes of at least 4 members (excludes halogenated alkanes) is 1. The third-order valence-corrected chi connectivity index (χ3v) is 4.11. The predicted octanol–water partition coefficient (Wildman–Crippen LogP) is 3.14. The van der Waals surface area contributed by atoms with Gasteiger partial charge in [-0.2, -0.15) is 0 Å². The molecule has 0 unspecified atom stereocenters. The Bertz CT molecular complexity index is 343. The average Bonchev–Trinajstić information content (AvgIpc) is 2.52. The van der Waals surface area contributed by atoms with E-state index in [1.165, 1.54) is 25.7 Å². The normalized spacial score (nSPS) is 15.7. The van der Waals surface area contributed by atoms with E-state index in [1.54, 1.807) is 0 Å². The first-order valence-corrected chi connectivity index (χ1v) is 8.96. The van der Waals surface area contributed by atoms with E-state index in [0.717, 1.165) is 38.3 Å². The van der Waals surface area contributed by atoms with Crippen LogP contribution in [0.5, 0.6) is 0 Å². The molecule has 2 N–H and O–H groups in total. The number of hydrogen-bond donors (Lipinski definition) is 2. The molecule has 0 saturated heterocycles. The molecule has 1 saturated carbocycles. The van der Waals surface area contributed by atoms with Gasteiger partial charge in [0.1, 0.15) is 0 Å². The van der Waals surface area contributed by atoms with Gasteiger partial charge in [-0.05, 0) is 26.2 Å². The number of carbonyl (C=O) groups excluding carboxylic acids is 1. The molecule has 0 bridgehead atoms. The molecule has 0 aromatic heterocycles. The average molecular weight is 438 g/mol. The highest BCUT2D eigenvalue weighted by atomic mass is 127. The molecule has 0 aliphatic heterocycles. The van der Waals surface area contributed by atoms with E-state index in [2.05, 4.69) is 41.4 Å². The van der Waals surface area contributed by atoms with Crippen LogP contribution in [0.4, 0.5) is 0 Å². The van der Waals surface area contributed by atoms with E-state index in [-0.39, 0.29) is 29.9 Å². The van der Waals surface area contributed by atoms with Crippen molar-refractivity contribution in [2.75, 3.05) is 26.7 Å². The number of nitrogens with zero attached hydrogens (tertiary/aromatic N) is 2. The van der Waals surface area contributed by atoms with Gasteiger partial charge >= 0.3 is 0 Å². The highest BCUT2D eigenvalue weighted by Gasteiger charge is 2.15. The van der Waals surface area contributed by atoms with Crippen molar-refractivity contribution in [2.45, 2.75) is 71.3 Å². The van der Waals surface area contributed by atoms with Gasteiger partial charge in [0.2, 0.25) is 5.91 Å².